The van der Waals surface area contributed by atoms with Gasteiger partial charge in [-0.25, -0.2) is 8.78 Å². The molecule has 0 saturated heterocycles. The summed E-state index contributed by atoms with van der Waals surface area (Å²) in [6.07, 6.45) is 0.0408. The second-order valence-corrected chi connectivity index (χ2v) is 5.64. The van der Waals surface area contributed by atoms with Crippen LogP contribution in [0.5, 0.6) is 5.75 Å². The summed E-state index contributed by atoms with van der Waals surface area (Å²) >= 11 is 0. The van der Waals surface area contributed by atoms with Crippen molar-refractivity contribution in [3.05, 3.63) is 65.2 Å². The Kier molecular flexibility index (Phi) is 7.08. The summed E-state index contributed by atoms with van der Waals surface area (Å²) in [6, 6.07) is 10.3. The zero-order valence-corrected chi connectivity index (χ0v) is 14.4. The Morgan fingerprint density at radius 2 is 1.73 bits per heavy atom. The van der Waals surface area contributed by atoms with Crippen LogP contribution in [0.25, 0.3) is 0 Å². The summed E-state index contributed by atoms with van der Waals surface area (Å²) in [5.41, 5.74) is 0.867. The largest absolute Gasteiger partial charge is 0.492 e. The molecule has 0 aliphatic rings. The molecule has 0 aliphatic heterocycles. The molecule has 0 aliphatic carbocycles. The van der Waals surface area contributed by atoms with E-state index in [2.05, 4.69) is 10.6 Å². The predicted octanol–water partition coefficient (Wildman–Crippen LogP) is 2.59. The van der Waals surface area contributed by atoms with Gasteiger partial charge in [-0.15, -0.1) is 0 Å². The van der Waals surface area contributed by atoms with Crippen LogP contribution >= 0.6 is 0 Å². The van der Waals surface area contributed by atoms with E-state index >= 15 is 0 Å². The lowest BCUT2D eigenvalue weighted by Crippen LogP contribution is -2.33. The molecule has 0 aromatic heterocycles. The first kappa shape index (κ1) is 19.4. The van der Waals surface area contributed by atoms with Gasteiger partial charge < -0.3 is 15.4 Å². The van der Waals surface area contributed by atoms with E-state index in [4.69, 9.17) is 4.74 Å². The smallest absolute Gasteiger partial charge is 0.254 e. The van der Waals surface area contributed by atoms with Crippen LogP contribution in [0.15, 0.2) is 42.5 Å². The molecule has 0 unspecified atom stereocenters. The minimum atomic E-state index is -0.944. The third kappa shape index (κ3) is 6.16. The minimum absolute atomic E-state index is 0.0408. The number of ether oxygens (including phenoxy) is 1. The average Bonchev–Trinajstić information content (AvgIpc) is 2.60. The number of nitrogens with one attached hydrogen (secondary N) is 2. The molecule has 2 amide bonds. The Balaban J connectivity index is 1.62. The van der Waals surface area contributed by atoms with Gasteiger partial charge >= 0.3 is 0 Å². The average molecular weight is 362 g/mol. The number of rotatable bonds is 8. The summed E-state index contributed by atoms with van der Waals surface area (Å²) < 4.78 is 31.7. The minimum Gasteiger partial charge on any atom is -0.492 e. The molecular weight excluding hydrogens is 342 g/mol. The van der Waals surface area contributed by atoms with Gasteiger partial charge in [0.25, 0.3) is 5.91 Å². The maximum Gasteiger partial charge on any atom is 0.254 e. The summed E-state index contributed by atoms with van der Waals surface area (Å²) in [7, 11) is 0. The van der Waals surface area contributed by atoms with E-state index in [0.717, 1.165) is 23.4 Å². The number of amides is 2. The topological polar surface area (TPSA) is 67.4 Å². The molecule has 138 valence electrons. The maximum atomic E-state index is 13.5. The first-order valence-corrected chi connectivity index (χ1v) is 8.15. The molecule has 0 fully saturated rings. The molecule has 2 N–H and O–H groups in total. The normalized spacial score (nSPS) is 10.3. The second kappa shape index (κ2) is 9.50. The fourth-order valence-corrected chi connectivity index (χ4v) is 2.14. The third-order valence-electron chi connectivity index (χ3n) is 3.53. The number of hydrogen-bond acceptors (Lipinski definition) is 3. The Hall–Kier alpha value is -2.96. The van der Waals surface area contributed by atoms with Crippen LogP contribution in [0, 0.1) is 18.6 Å². The van der Waals surface area contributed by atoms with Crippen molar-refractivity contribution < 1.29 is 23.1 Å². The van der Waals surface area contributed by atoms with E-state index < -0.39 is 17.5 Å². The molecule has 0 spiro atoms. The SMILES string of the molecule is Cc1ccc(OCCNC(=O)CCNC(=O)c2ccc(F)cc2F)cc1. The fourth-order valence-electron chi connectivity index (χ4n) is 2.14. The van der Waals surface area contributed by atoms with Gasteiger partial charge in [0.2, 0.25) is 5.91 Å². The third-order valence-corrected chi connectivity index (χ3v) is 3.53. The van der Waals surface area contributed by atoms with Crippen molar-refractivity contribution in [2.75, 3.05) is 19.7 Å². The standard InChI is InChI=1S/C19H20F2N2O3/c1-13-2-5-15(6-3-13)26-11-10-22-18(24)8-9-23-19(25)16-7-4-14(20)12-17(16)21/h2-7,12H,8-11H2,1H3,(H,22,24)(H,23,25). The van der Waals surface area contributed by atoms with Crippen molar-refractivity contribution in [2.24, 2.45) is 0 Å². The number of hydrogen-bond donors (Lipinski definition) is 2. The number of halogens is 2. The van der Waals surface area contributed by atoms with Crippen molar-refractivity contribution in [1.29, 1.82) is 0 Å². The highest BCUT2D eigenvalue weighted by molar-refractivity contribution is 5.94. The Morgan fingerprint density at radius 3 is 2.42 bits per heavy atom. The summed E-state index contributed by atoms with van der Waals surface area (Å²) in [5, 5.41) is 5.08. The first-order valence-electron chi connectivity index (χ1n) is 8.15. The lowest BCUT2D eigenvalue weighted by Gasteiger charge is -2.09. The van der Waals surface area contributed by atoms with Crippen LogP contribution in [0.1, 0.15) is 22.3 Å². The molecule has 2 aromatic carbocycles. The molecule has 2 rings (SSSR count). The maximum absolute atomic E-state index is 13.5. The van der Waals surface area contributed by atoms with Crippen LogP contribution in [-0.4, -0.2) is 31.5 Å². The van der Waals surface area contributed by atoms with Gasteiger partial charge in [0, 0.05) is 19.0 Å². The van der Waals surface area contributed by atoms with Gasteiger partial charge in [-0.3, -0.25) is 9.59 Å². The number of aryl methyl sites for hydroxylation is 1. The van der Waals surface area contributed by atoms with Gasteiger partial charge in [-0.05, 0) is 31.2 Å². The predicted molar refractivity (Wildman–Crippen MR) is 93.0 cm³/mol. The zero-order valence-electron chi connectivity index (χ0n) is 14.4. The van der Waals surface area contributed by atoms with Gasteiger partial charge in [0.1, 0.15) is 24.0 Å². The highest BCUT2D eigenvalue weighted by Crippen LogP contribution is 2.11. The van der Waals surface area contributed by atoms with Crippen molar-refractivity contribution in [3.8, 4) is 5.75 Å². The van der Waals surface area contributed by atoms with Crippen molar-refractivity contribution >= 4 is 11.8 Å². The molecule has 0 radical (unpaired) electrons. The lowest BCUT2D eigenvalue weighted by molar-refractivity contribution is -0.121. The van der Waals surface area contributed by atoms with Gasteiger partial charge in [0.15, 0.2) is 0 Å². The molecule has 26 heavy (non-hydrogen) atoms. The van der Waals surface area contributed by atoms with Crippen molar-refractivity contribution in [3.63, 3.8) is 0 Å². The van der Waals surface area contributed by atoms with Gasteiger partial charge in [-0.2, -0.15) is 0 Å². The number of carbonyl (C=O) groups is 2. The molecule has 0 atom stereocenters. The van der Waals surface area contributed by atoms with Crippen LogP contribution in [0.4, 0.5) is 8.78 Å². The van der Waals surface area contributed by atoms with Crippen molar-refractivity contribution in [2.45, 2.75) is 13.3 Å². The highest BCUT2D eigenvalue weighted by Gasteiger charge is 2.12. The molecule has 0 bridgehead atoms. The van der Waals surface area contributed by atoms with Crippen LogP contribution < -0.4 is 15.4 Å². The zero-order chi connectivity index (χ0) is 18.9. The van der Waals surface area contributed by atoms with E-state index in [0.29, 0.717) is 19.2 Å². The Morgan fingerprint density at radius 1 is 1.00 bits per heavy atom. The first-order chi connectivity index (χ1) is 12.5. The summed E-state index contributed by atoms with van der Waals surface area (Å²) in [4.78, 5) is 23.5. The summed E-state index contributed by atoms with van der Waals surface area (Å²) in [6.45, 7) is 2.67. The number of benzene rings is 2. The number of carbonyl (C=O) groups excluding carboxylic acids is 2. The Bertz CT molecular complexity index is 764. The van der Waals surface area contributed by atoms with Crippen LogP contribution in [0.2, 0.25) is 0 Å². The molecule has 7 heteroatoms. The summed E-state index contributed by atoms with van der Waals surface area (Å²) in [5.74, 6) is -1.94. The molecule has 2 aromatic rings. The quantitative estimate of drug-likeness (QED) is 0.710. The molecular formula is C19H20F2N2O3. The van der Waals surface area contributed by atoms with Crippen LogP contribution in [-0.2, 0) is 4.79 Å². The van der Waals surface area contributed by atoms with Gasteiger partial charge in [-0.1, -0.05) is 17.7 Å². The van der Waals surface area contributed by atoms with E-state index in [1.54, 1.807) is 0 Å². The molecule has 0 heterocycles. The second-order valence-electron chi connectivity index (χ2n) is 5.64. The van der Waals surface area contributed by atoms with E-state index in [1.807, 2.05) is 31.2 Å². The lowest BCUT2D eigenvalue weighted by atomic mass is 10.2. The monoisotopic (exact) mass is 362 g/mol. The van der Waals surface area contributed by atoms with E-state index in [9.17, 15) is 18.4 Å². The fraction of sp³-hybridized carbons (Fsp3) is 0.263. The molecule has 5 nitrogen and oxygen atoms in total. The van der Waals surface area contributed by atoms with E-state index in [-0.39, 0.29) is 24.4 Å². The Labute approximate surface area is 150 Å². The highest BCUT2D eigenvalue weighted by atomic mass is 19.1. The van der Waals surface area contributed by atoms with Crippen molar-refractivity contribution in [1.82, 2.24) is 10.6 Å². The van der Waals surface area contributed by atoms with Gasteiger partial charge in [0.05, 0.1) is 12.1 Å². The molecule has 0 saturated carbocycles. The van der Waals surface area contributed by atoms with Crippen LogP contribution in [0.3, 0.4) is 0 Å². The van der Waals surface area contributed by atoms with E-state index in [1.165, 1.54) is 0 Å².